The SMILES string of the molecule is Brc1cnn2ccnc(NCCNC(c3ccccc3)c3ccccc3)c12. The molecule has 4 rings (SSSR count). The fourth-order valence-corrected chi connectivity index (χ4v) is 3.61. The minimum Gasteiger partial charge on any atom is -0.367 e. The van der Waals surface area contributed by atoms with Crippen molar-refractivity contribution in [2.45, 2.75) is 6.04 Å². The first kappa shape index (κ1) is 17.7. The number of halogens is 1. The van der Waals surface area contributed by atoms with E-state index in [1.54, 1.807) is 12.4 Å². The lowest BCUT2D eigenvalue weighted by Gasteiger charge is -2.20. The van der Waals surface area contributed by atoms with Gasteiger partial charge in [-0.2, -0.15) is 5.10 Å². The maximum absolute atomic E-state index is 4.44. The predicted molar refractivity (Wildman–Crippen MR) is 112 cm³/mol. The average Bonchev–Trinajstić information content (AvgIpc) is 3.11. The minimum atomic E-state index is 0.152. The van der Waals surface area contributed by atoms with Crippen LogP contribution < -0.4 is 10.6 Å². The third-order valence-electron chi connectivity index (χ3n) is 4.42. The molecule has 136 valence electrons. The normalized spacial score (nSPS) is 11.2. The third-order valence-corrected chi connectivity index (χ3v) is 5.00. The van der Waals surface area contributed by atoms with E-state index in [2.05, 4.69) is 85.2 Å². The summed E-state index contributed by atoms with van der Waals surface area (Å²) in [7, 11) is 0. The van der Waals surface area contributed by atoms with E-state index in [-0.39, 0.29) is 6.04 Å². The molecule has 2 heterocycles. The van der Waals surface area contributed by atoms with Crippen molar-refractivity contribution >= 4 is 27.3 Å². The van der Waals surface area contributed by atoms with Crippen molar-refractivity contribution in [1.82, 2.24) is 19.9 Å². The molecular formula is C21H20BrN5. The Kier molecular flexibility index (Phi) is 5.46. The molecule has 2 N–H and O–H groups in total. The maximum Gasteiger partial charge on any atom is 0.153 e. The van der Waals surface area contributed by atoms with Crippen LogP contribution in [-0.4, -0.2) is 27.7 Å². The molecule has 5 nitrogen and oxygen atoms in total. The van der Waals surface area contributed by atoms with Gasteiger partial charge in [0.1, 0.15) is 5.52 Å². The topological polar surface area (TPSA) is 54.2 Å². The number of anilines is 1. The Morgan fingerprint density at radius 3 is 2.26 bits per heavy atom. The van der Waals surface area contributed by atoms with E-state index in [1.165, 1.54) is 11.1 Å². The molecular weight excluding hydrogens is 402 g/mol. The van der Waals surface area contributed by atoms with Gasteiger partial charge in [0, 0.05) is 25.5 Å². The predicted octanol–water partition coefficient (Wildman–Crippen LogP) is 4.28. The lowest BCUT2D eigenvalue weighted by molar-refractivity contribution is 0.618. The number of hydrogen-bond acceptors (Lipinski definition) is 4. The van der Waals surface area contributed by atoms with Crippen molar-refractivity contribution in [3.63, 3.8) is 0 Å². The van der Waals surface area contributed by atoms with Crippen molar-refractivity contribution in [2.24, 2.45) is 0 Å². The number of benzene rings is 2. The summed E-state index contributed by atoms with van der Waals surface area (Å²) in [6.07, 6.45) is 5.37. The number of aromatic nitrogens is 3. The van der Waals surface area contributed by atoms with Crippen LogP contribution in [0.3, 0.4) is 0 Å². The summed E-state index contributed by atoms with van der Waals surface area (Å²) in [6, 6.07) is 21.2. The van der Waals surface area contributed by atoms with Gasteiger partial charge >= 0.3 is 0 Å². The molecule has 0 spiro atoms. The van der Waals surface area contributed by atoms with Gasteiger partial charge in [-0.25, -0.2) is 9.50 Å². The molecule has 0 unspecified atom stereocenters. The zero-order valence-electron chi connectivity index (χ0n) is 14.7. The monoisotopic (exact) mass is 421 g/mol. The molecule has 0 aliphatic rings. The van der Waals surface area contributed by atoms with Gasteiger partial charge in [0.2, 0.25) is 0 Å². The van der Waals surface area contributed by atoms with E-state index in [0.29, 0.717) is 0 Å². The van der Waals surface area contributed by atoms with Gasteiger partial charge in [-0.05, 0) is 27.1 Å². The summed E-state index contributed by atoms with van der Waals surface area (Å²) < 4.78 is 2.74. The summed E-state index contributed by atoms with van der Waals surface area (Å²) in [5.41, 5.74) is 3.45. The summed E-state index contributed by atoms with van der Waals surface area (Å²) in [6.45, 7) is 1.55. The van der Waals surface area contributed by atoms with E-state index in [9.17, 15) is 0 Å². The van der Waals surface area contributed by atoms with Crippen LogP contribution in [0.4, 0.5) is 5.82 Å². The summed E-state index contributed by atoms with van der Waals surface area (Å²) >= 11 is 3.53. The third kappa shape index (κ3) is 4.02. The molecule has 27 heavy (non-hydrogen) atoms. The molecule has 0 atom stereocenters. The lowest BCUT2D eigenvalue weighted by Crippen LogP contribution is -2.28. The van der Waals surface area contributed by atoms with Crippen LogP contribution in [-0.2, 0) is 0 Å². The van der Waals surface area contributed by atoms with Gasteiger partial charge in [0.05, 0.1) is 16.7 Å². The first-order valence-corrected chi connectivity index (χ1v) is 9.67. The van der Waals surface area contributed by atoms with Crippen molar-refractivity contribution in [2.75, 3.05) is 18.4 Å². The summed E-state index contributed by atoms with van der Waals surface area (Å²) in [4.78, 5) is 4.44. The van der Waals surface area contributed by atoms with E-state index < -0.39 is 0 Å². The highest BCUT2D eigenvalue weighted by Gasteiger charge is 2.13. The Balaban J connectivity index is 1.45. The van der Waals surface area contributed by atoms with Crippen LogP contribution >= 0.6 is 15.9 Å². The van der Waals surface area contributed by atoms with Gasteiger partial charge < -0.3 is 10.6 Å². The molecule has 0 radical (unpaired) electrons. The fraction of sp³-hybridized carbons (Fsp3) is 0.143. The van der Waals surface area contributed by atoms with Gasteiger partial charge in [-0.15, -0.1) is 0 Å². The van der Waals surface area contributed by atoms with E-state index in [0.717, 1.165) is 28.9 Å². The first-order chi connectivity index (χ1) is 13.3. The van der Waals surface area contributed by atoms with Gasteiger partial charge in [0.15, 0.2) is 5.82 Å². The maximum atomic E-state index is 4.44. The Bertz CT molecular complexity index is 961. The summed E-state index contributed by atoms with van der Waals surface area (Å²) in [5.74, 6) is 0.819. The average molecular weight is 422 g/mol. The second kappa shape index (κ2) is 8.33. The van der Waals surface area contributed by atoms with E-state index in [4.69, 9.17) is 0 Å². The van der Waals surface area contributed by atoms with Crippen LogP contribution in [0.2, 0.25) is 0 Å². The zero-order chi connectivity index (χ0) is 18.5. The van der Waals surface area contributed by atoms with Crippen molar-refractivity contribution in [3.8, 4) is 0 Å². The van der Waals surface area contributed by atoms with E-state index >= 15 is 0 Å². The molecule has 4 aromatic rings. The largest absolute Gasteiger partial charge is 0.367 e. The van der Waals surface area contributed by atoms with Gasteiger partial charge in [-0.1, -0.05) is 60.7 Å². The molecule has 6 heteroatoms. The molecule has 0 fully saturated rings. The number of nitrogens with zero attached hydrogens (tertiary/aromatic N) is 3. The Morgan fingerprint density at radius 1 is 0.926 bits per heavy atom. The van der Waals surface area contributed by atoms with Gasteiger partial charge in [0.25, 0.3) is 0 Å². The van der Waals surface area contributed by atoms with Crippen LogP contribution in [0.25, 0.3) is 5.52 Å². The van der Waals surface area contributed by atoms with Crippen LogP contribution in [0.15, 0.2) is 83.7 Å². The molecule has 0 amide bonds. The Morgan fingerprint density at radius 2 is 1.59 bits per heavy atom. The highest BCUT2D eigenvalue weighted by Crippen LogP contribution is 2.23. The smallest absolute Gasteiger partial charge is 0.153 e. The Labute approximate surface area is 166 Å². The first-order valence-electron chi connectivity index (χ1n) is 8.88. The van der Waals surface area contributed by atoms with Crippen molar-refractivity contribution in [1.29, 1.82) is 0 Å². The number of rotatable bonds is 7. The van der Waals surface area contributed by atoms with Crippen LogP contribution in [0.5, 0.6) is 0 Å². The molecule has 0 aliphatic heterocycles. The second-order valence-corrected chi connectivity index (χ2v) is 7.05. The lowest BCUT2D eigenvalue weighted by atomic mass is 9.99. The summed E-state index contributed by atoms with van der Waals surface area (Å²) in [5, 5.41) is 11.4. The molecule has 0 saturated carbocycles. The van der Waals surface area contributed by atoms with Gasteiger partial charge in [-0.3, -0.25) is 0 Å². The standard InChI is InChI=1S/C21H20BrN5/c22-18-15-26-27-14-13-25-21(20(18)27)24-12-11-23-19(16-7-3-1-4-8-16)17-9-5-2-6-10-17/h1-10,13-15,19,23H,11-12H2,(H,24,25). The Hall–Kier alpha value is -2.70. The number of nitrogens with one attached hydrogen (secondary N) is 2. The molecule has 2 aromatic heterocycles. The fourth-order valence-electron chi connectivity index (χ4n) is 3.15. The highest BCUT2D eigenvalue weighted by molar-refractivity contribution is 9.10. The van der Waals surface area contributed by atoms with Crippen LogP contribution in [0.1, 0.15) is 17.2 Å². The quantitative estimate of drug-likeness (QED) is 0.437. The number of fused-ring (bicyclic) bond motifs is 1. The number of hydrogen-bond donors (Lipinski definition) is 2. The molecule has 0 bridgehead atoms. The molecule has 2 aromatic carbocycles. The highest BCUT2D eigenvalue weighted by atomic mass is 79.9. The van der Waals surface area contributed by atoms with Crippen molar-refractivity contribution < 1.29 is 0 Å². The van der Waals surface area contributed by atoms with Crippen LogP contribution in [0, 0.1) is 0 Å². The molecule has 0 saturated heterocycles. The zero-order valence-corrected chi connectivity index (χ0v) is 16.3. The minimum absolute atomic E-state index is 0.152. The van der Waals surface area contributed by atoms with E-state index in [1.807, 2.05) is 22.8 Å². The molecule has 0 aliphatic carbocycles. The second-order valence-electron chi connectivity index (χ2n) is 6.20. The van der Waals surface area contributed by atoms with Crippen molar-refractivity contribution in [3.05, 3.63) is 94.9 Å².